The molecule has 0 aromatic rings. The predicted molar refractivity (Wildman–Crippen MR) is 48.9 cm³/mol. The Labute approximate surface area is 81.1 Å². The topological polar surface area (TPSA) is 113 Å². The fourth-order valence-corrected chi connectivity index (χ4v) is 1.30. The first-order valence-electron chi connectivity index (χ1n) is 3.59. The van der Waals surface area contributed by atoms with Gasteiger partial charge in [-0.2, -0.15) is 0 Å². The van der Waals surface area contributed by atoms with Crippen molar-refractivity contribution in [2.75, 3.05) is 0 Å². The zero-order valence-corrected chi connectivity index (χ0v) is 8.21. The van der Waals surface area contributed by atoms with Gasteiger partial charge in [0.1, 0.15) is 6.10 Å². The molecule has 1 aliphatic rings. The van der Waals surface area contributed by atoms with E-state index in [-0.39, 0.29) is 17.0 Å². The van der Waals surface area contributed by atoms with Crippen LogP contribution in [0.4, 0.5) is 0 Å². The fourth-order valence-electron chi connectivity index (χ4n) is 1.30. The van der Waals surface area contributed by atoms with E-state index in [0.717, 1.165) is 0 Å². The van der Waals surface area contributed by atoms with E-state index in [9.17, 15) is 0 Å². The molecule has 0 unspecified atom stereocenters. The molecule has 0 radical (unpaired) electrons. The molecule has 0 spiro atoms. The van der Waals surface area contributed by atoms with Gasteiger partial charge in [-0.05, 0) is 6.42 Å². The lowest BCUT2D eigenvalue weighted by atomic mass is 9.85. The second kappa shape index (κ2) is 4.50. The molecule has 0 heterocycles. The lowest BCUT2D eigenvalue weighted by Crippen LogP contribution is -2.61. The molecule has 74 valence electrons. The van der Waals surface area contributed by atoms with Crippen molar-refractivity contribution in [3.05, 3.63) is 0 Å². The Bertz CT molecular complexity index is 135. The van der Waals surface area contributed by atoms with Crippen LogP contribution in [0.25, 0.3) is 0 Å². The number of halogens is 1. The molecule has 6 heteroatoms. The Morgan fingerprint density at radius 2 is 1.17 bits per heavy atom. The van der Waals surface area contributed by atoms with E-state index in [2.05, 4.69) is 0 Å². The highest BCUT2D eigenvalue weighted by atomic mass is 79.9. The monoisotopic (exact) mass is 242 g/mol. The molecule has 1 fully saturated rings. The van der Waals surface area contributed by atoms with Gasteiger partial charge >= 0.3 is 0 Å². The third-order valence-electron chi connectivity index (χ3n) is 2.12. The first-order chi connectivity index (χ1) is 5.04. The quantitative estimate of drug-likeness (QED) is 0.328. The standard InChI is InChI=1S/C6H14N2O3.BrH/c7-2-1-3(8)5(10)6(11)4(2)9;/h2-6,9-11H,1,7-8H2;1H/t2-,3+,4+,5-,6-;. The zero-order valence-electron chi connectivity index (χ0n) is 6.50. The van der Waals surface area contributed by atoms with Gasteiger partial charge in [0, 0.05) is 12.1 Å². The van der Waals surface area contributed by atoms with E-state index in [1.807, 2.05) is 0 Å². The summed E-state index contributed by atoms with van der Waals surface area (Å²) in [4.78, 5) is 0. The van der Waals surface area contributed by atoms with Crippen molar-refractivity contribution in [3.8, 4) is 0 Å². The van der Waals surface area contributed by atoms with Gasteiger partial charge in [0.15, 0.2) is 0 Å². The number of rotatable bonds is 0. The summed E-state index contributed by atoms with van der Waals surface area (Å²) in [5.74, 6) is 0. The molecule has 0 saturated heterocycles. The third kappa shape index (κ3) is 2.15. The van der Waals surface area contributed by atoms with Gasteiger partial charge in [0.05, 0.1) is 12.2 Å². The summed E-state index contributed by atoms with van der Waals surface area (Å²) in [6.45, 7) is 0. The highest BCUT2D eigenvalue weighted by Crippen LogP contribution is 2.17. The zero-order chi connectivity index (χ0) is 8.59. The molecule has 1 aliphatic carbocycles. The van der Waals surface area contributed by atoms with Crippen LogP contribution >= 0.6 is 17.0 Å². The molecule has 1 rings (SSSR count). The summed E-state index contributed by atoms with van der Waals surface area (Å²) in [7, 11) is 0. The summed E-state index contributed by atoms with van der Waals surface area (Å²) in [6, 6.07) is -1.08. The summed E-state index contributed by atoms with van der Waals surface area (Å²) in [5.41, 5.74) is 10.8. The highest BCUT2D eigenvalue weighted by Gasteiger charge is 2.39. The van der Waals surface area contributed by atoms with Crippen molar-refractivity contribution in [2.45, 2.75) is 36.8 Å². The maximum atomic E-state index is 9.14. The van der Waals surface area contributed by atoms with Crippen molar-refractivity contribution >= 4 is 17.0 Å². The predicted octanol–water partition coefficient (Wildman–Crippen LogP) is -2.29. The largest absolute Gasteiger partial charge is 0.389 e. The van der Waals surface area contributed by atoms with Crippen molar-refractivity contribution in [1.29, 1.82) is 0 Å². The van der Waals surface area contributed by atoms with E-state index in [4.69, 9.17) is 26.8 Å². The first kappa shape index (κ1) is 12.3. The van der Waals surface area contributed by atoms with Crippen LogP contribution < -0.4 is 11.5 Å². The third-order valence-corrected chi connectivity index (χ3v) is 2.12. The number of aliphatic hydroxyl groups is 3. The molecule has 0 aromatic carbocycles. The van der Waals surface area contributed by atoms with Gasteiger partial charge in [0.2, 0.25) is 0 Å². The molecule has 5 atom stereocenters. The molecular weight excluding hydrogens is 228 g/mol. The molecular formula is C6H15BrN2O3. The molecule has 12 heavy (non-hydrogen) atoms. The van der Waals surface area contributed by atoms with Crippen LogP contribution in [-0.2, 0) is 0 Å². The van der Waals surface area contributed by atoms with Gasteiger partial charge in [-0.25, -0.2) is 0 Å². The van der Waals surface area contributed by atoms with Gasteiger partial charge in [-0.3, -0.25) is 0 Å². The minimum absolute atomic E-state index is 0. The Kier molecular flexibility index (Phi) is 4.60. The van der Waals surface area contributed by atoms with Gasteiger partial charge in [0.25, 0.3) is 0 Å². The Balaban J connectivity index is 0.00000121. The van der Waals surface area contributed by atoms with Crippen molar-refractivity contribution in [1.82, 2.24) is 0 Å². The molecule has 1 saturated carbocycles. The average molecular weight is 243 g/mol. The van der Waals surface area contributed by atoms with E-state index in [0.29, 0.717) is 6.42 Å². The SMILES string of the molecule is Br.N[C@@H]1C[C@H](N)[C@@H](O)[C@H](O)[C@H]1O. The van der Waals surface area contributed by atoms with Crippen LogP contribution in [0.15, 0.2) is 0 Å². The summed E-state index contributed by atoms with van der Waals surface area (Å²) in [6.07, 6.45) is -3.01. The van der Waals surface area contributed by atoms with E-state index in [1.54, 1.807) is 0 Å². The Hall–Kier alpha value is 0.280. The van der Waals surface area contributed by atoms with Crippen LogP contribution in [0.2, 0.25) is 0 Å². The Morgan fingerprint density at radius 1 is 0.833 bits per heavy atom. The van der Waals surface area contributed by atoms with Gasteiger partial charge < -0.3 is 26.8 Å². The number of hydrogen-bond acceptors (Lipinski definition) is 5. The summed E-state index contributed by atoms with van der Waals surface area (Å²) in [5, 5.41) is 27.4. The lowest BCUT2D eigenvalue weighted by Gasteiger charge is -2.37. The molecule has 0 aliphatic heterocycles. The lowest BCUT2D eigenvalue weighted by molar-refractivity contribution is -0.100. The van der Waals surface area contributed by atoms with E-state index < -0.39 is 30.4 Å². The van der Waals surface area contributed by atoms with Gasteiger partial charge in [-0.1, -0.05) is 0 Å². The maximum Gasteiger partial charge on any atom is 0.109 e. The molecule has 0 aromatic heterocycles. The minimum Gasteiger partial charge on any atom is -0.389 e. The van der Waals surface area contributed by atoms with Crippen molar-refractivity contribution in [2.24, 2.45) is 11.5 Å². The Morgan fingerprint density at radius 3 is 1.50 bits per heavy atom. The molecule has 5 nitrogen and oxygen atoms in total. The normalized spacial score (nSPS) is 48.2. The first-order valence-corrected chi connectivity index (χ1v) is 3.59. The molecule has 0 bridgehead atoms. The van der Waals surface area contributed by atoms with Crippen LogP contribution in [-0.4, -0.2) is 45.7 Å². The average Bonchev–Trinajstić information content (AvgIpc) is 1.97. The summed E-state index contributed by atoms with van der Waals surface area (Å²) >= 11 is 0. The second-order valence-electron chi connectivity index (χ2n) is 3.04. The van der Waals surface area contributed by atoms with Crippen molar-refractivity contribution < 1.29 is 15.3 Å². The smallest absolute Gasteiger partial charge is 0.109 e. The van der Waals surface area contributed by atoms with Gasteiger partial charge in [-0.15, -0.1) is 17.0 Å². The van der Waals surface area contributed by atoms with E-state index in [1.165, 1.54) is 0 Å². The van der Waals surface area contributed by atoms with Crippen LogP contribution in [0.3, 0.4) is 0 Å². The van der Waals surface area contributed by atoms with Crippen molar-refractivity contribution in [3.63, 3.8) is 0 Å². The van der Waals surface area contributed by atoms with Crippen LogP contribution in [0.1, 0.15) is 6.42 Å². The number of hydrogen-bond donors (Lipinski definition) is 5. The highest BCUT2D eigenvalue weighted by molar-refractivity contribution is 8.93. The van der Waals surface area contributed by atoms with E-state index >= 15 is 0 Å². The van der Waals surface area contributed by atoms with Crippen LogP contribution in [0, 0.1) is 0 Å². The number of aliphatic hydroxyl groups excluding tert-OH is 3. The second-order valence-corrected chi connectivity index (χ2v) is 3.04. The number of nitrogens with two attached hydrogens (primary N) is 2. The summed E-state index contributed by atoms with van der Waals surface area (Å²) < 4.78 is 0. The van der Waals surface area contributed by atoms with Crippen LogP contribution in [0.5, 0.6) is 0 Å². The molecule has 7 N–H and O–H groups in total. The molecule has 0 amide bonds. The fraction of sp³-hybridized carbons (Fsp3) is 1.00. The maximum absolute atomic E-state index is 9.14. The minimum atomic E-state index is -1.21.